The molecule has 1 aliphatic heterocycles. The van der Waals surface area contributed by atoms with Gasteiger partial charge in [-0.15, -0.1) is 0 Å². The number of aliphatic carboxylic acids is 1. The Morgan fingerprint density at radius 3 is 2.82 bits per heavy atom. The molecule has 2 aromatic rings. The molecular formula is C17H21N3O2. The van der Waals surface area contributed by atoms with Gasteiger partial charge in [-0.2, -0.15) is 5.10 Å². The zero-order chi connectivity index (χ0) is 15.5. The van der Waals surface area contributed by atoms with Crippen molar-refractivity contribution in [2.75, 3.05) is 6.54 Å². The number of piperidine rings is 1. The lowest BCUT2D eigenvalue weighted by Gasteiger charge is -2.36. The lowest BCUT2D eigenvalue weighted by molar-refractivity contribution is -0.145. The number of carboxylic acids is 1. The minimum Gasteiger partial charge on any atom is -0.481 e. The summed E-state index contributed by atoms with van der Waals surface area (Å²) in [6.07, 6.45) is 3.65. The van der Waals surface area contributed by atoms with Gasteiger partial charge in [-0.1, -0.05) is 18.2 Å². The molecule has 0 spiro atoms. The van der Waals surface area contributed by atoms with Crippen molar-refractivity contribution in [3.63, 3.8) is 0 Å². The van der Waals surface area contributed by atoms with Crippen LogP contribution >= 0.6 is 0 Å². The van der Waals surface area contributed by atoms with E-state index in [2.05, 4.69) is 10.00 Å². The maximum absolute atomic E-state index is 11.3. The molecule has 0 unspecified atom stereocenters. The number of aromatic nitrogens is 2. The Balaban J connectivity index is 1.71. The van der Waals surface area contributed by atoms with Gasteiger partial charge in [0, 0.05) is 18.8 Å². The molecule has 2 heterocycles. The molecule has 1 aromatic carbocycles. The highest BCUT2D eigenvalue weighted by Gasteiger charge is 2.32. The highest BCUT2D eigenvalue weighted by atomic mass is 16.4. The molecular weight excluding hydrogens is 278 g/mol. The van der Waals surface area contributed by atoms with Crippen LogP contribution in [0, 0.1) is 5.92 Å². The van der Waals surface area contributed by atoms with Gasteiger partial charge in [0.15, 0.2) is 0 Å². The Hall–Kier alpha value is -2.14. The van der Waals surface area contributed by atoms with E-state index in [0.717, 1.165) is 30.8 Å². The Labute approximate surface area is 130 Å². The molecule has 0 radical (unpaired) electrons. The summed E-state index contributed by atoms with van der Waals surface area (Å²) in [7, 11) is 0. The number of para-hydroxylation sites is 1. The van der Waals surface area contributed by atoms with Crippen LogP contribution in [0.3, 0.4) is 0 Å². The first-order chi connectivity index (χ1) is 10.6. The molecule has 1 aliphatic rings. The van der Waals surface area contributed by atoms with Crippen LogP contribution in [0.2, 0.25) is 0 Å². The molecule has 116 valence electrons. The third-order valence-corrected chi connectivity index (χ3v) is 4.47. The summed E-state index contributed by atoms with van der Waals surface area (Å²) in [6, 6.07) is 12.0. The third-order valence-electron chi connectivity index (χ3n) is 4.47. The van der Waals surface area contributed by atoms with Gasteiger partial charge in [0.25, 0.3) is 0 Å². The molecule has 22 heavy (non-hydrogen) atoms. The molecule has 1 fully saturated rings. The van der Waals surface area contributed by atoms with Crippen molar-refractivity contribution in [2.24, 2.45) is 5.92 Å². The average Bonchev–Trinajstić information content (AvgIpc) is 2.98. The van der Waals surface area contributed by atoms with Gasteiger partial charge in [-0.05, 0) is 44.5 Å². The maximum atomic E-state index is 11.3. The summed E-state index contributed by atoms with van der Waals surface area (Å²) in [5.41, 5.74) is 2.01. The molecule has 5 nitrogen and oxygen atoms in total. The summed E-state index contributed by atoms with van der Waals surface area (Å²) in [4.78, 5) is 13.5. The zero-order valence-corrected chi connectivity index (χ0v) is 12.7. The first-order valence-corrected chi connectivity index (χ1v) is 7.72. The first-order valence-electron chi connectivity index (χ1n) is 7.72. The summed E-state index contributed by atoms with van der Waals surface area (Å²) in [5, 5.41) is 13.9. The van der Waals surface area contributed by atoms with Crippen LogP contribution in [0.15, 0.2) is 42.6 Å². The molecule has 0 amide bonds. The summed E-state index contributed by atoms with van der Waals surface area (Å²) in [5.74, 6) is -0.961. The number of carboxylic acid groups (broad SMARTS) is 1. The molecule has 1 saturated heterocycles. The van der Waals surface area contributed by atoms with E-state index in [1.807, 2.05) is 54.2 Å². The maximum Gasteiger partial charge on any atom is 0.308 e. The van der Waals surface area contributed by atoms with Gasteiger partial charge in [-0.25, -0.2) is 4.68 Å². The van der Waals surface area contributed by atoms with Gasteiger partial charge >= 0.3 is 5.97 Å². The fourth-order valence-corrected chi connectivity index (χ4v) is 3.15. The number of likely N-dealkylation sites (tertiary alicyclic amines) is 1. The highest BCUT2D eigenvalue weighted by molar-refractivity contribution is 5.70. The van der Waals surface area contributed by atoms with Crippen molar-refractivity contribution in [3.8, 4) is 5.69 Å². The standard InChI is InChI=1S/C17H21N3O2/c1-13-16(17(21)22)8-5-10-19(13)12-14-9-11-20(18-14)15-6-3-2-4-7-15/h2-4,6-7,9,11,13,16H,5,8,10,12H2,1H3,(H,21,22)/t13-,16-/m1/s1. The van der Waals surface area contributed by atoms with E-state index in [4.69, 9.17) is 0 Å². The van der Waals surface area contributed by atoms with Crippen molar-refractivity contribution in [3.05, 3.63) is 48.3 Å². The van der Waals surface area contributed by atoms with Gasteiger partial charge in [0.2, 0.25) is 0 Å². The monoisotopic (exact) mass is 299 g/mol. The number of rotatable bonds is 4. The second kappa shape index (κ2) is 6.32. The minimum absolute atomic E-state index is 0.0492. The molecule has 3 rings (SSSR count). The number of benzene rings is 1. The Kier molecular flexibility index (Phi) is 4.24. The van der Waals surface area contributed by atoms with Gasteiger partial charge in [0.05, 0.1) is 17.3 Å². The third kappa shape index (κ3) is 3.04. The van der Waals surface area contributed by atoms with Crippen LogP contribution in [0.1, 0.15) is 25.5 Å². The normalized spacial score (nSPS) is 22.6. The minimum atomic E-state index is -0.688. The van der Waals surface area contributed by atoms with E-state index < -0.39 is 5.97 Å². The summed E-state index contributed by atoms with van der Waals surface area (Å²) < 4.78 is 1.86. The molecule has 1 N–H and O–H groups in total. The van der Waals surface area contributed by atoms with E-state index in [-0.39, 0.29) is 12.0 Å². The molecule has 0 bridgehead atoms. The van der Waals surface area contributed by atoms with Crippen LogP contribution in [0.25, 0.3) is 5.69 Å². The molecule has 0 aliphatic carbocycles. The van der Waals surface area contributed by atoms with Gasteiger partial charge in [0.1, 0.15) is 0 Å². The summed E-state index contributed by atoms with van der Waals surface area (Å²) >= 11 is 0. The van der Waals surface area contributed by atoms with Gasteiger partial charge in [-0.3, -0.25) is 9.69 Å². The topological polar surface area (TPSA) is 58.4 Å². The molecule has 5 heteroatoms. The Bertz CT molecular complexity index is 638. The zero-order valence-electron chi connectivity index (χ0n) is 12.7. The smallest absolute Gasteiger partial charge is 0.308 e. The van der Waals surface area contributed by atoms with Crippen molar-refractivity contribution < 1.29 is 9.90 Å². The number of hydrogen-bond donors (Lipinski definition) is 1. The Morgan fingerprint density at radius 2 is 2.09 bits per heavy atom. The van der Waals surface area contributed by atoms with E-state index >= 15 is 0 Å². The number of carbonyl (C=O) groups is 1. The lowest BCUT2D eigenvalue weighted by Crippen LogP contribution is -2.45. The first kappa shape index (κ1) is 14.8. The molecule has 1 aromatic heterocycles. The SMILES string of the molecule is C[C@@H]1[C@H](C(=O)O)CCCN1Cc1ccn(-c2ccccc2)n1. The number of nitrogens with zero attached hydrogens (tertiary/aromatic N) is 3. The molecule has 0 saturated carbocycles. The van der Waals surface area contributed by atoms with E-state index in [0.29, 0.717) is 6.54 Å². The van der Waals surface area contributed by atoms with Gasteiger partial charge < -0.3 is 5.11 Å². The number of hydrogen-bond acceptors (Lipinski definition) is 3. The van der Waals surface area contributed by atoms with Crippen LogP contribution in [0.5, 0.6) is 0 Å². The fraction of sp³-hybridized carbons (Fsp3) is 0.412. The predicted octanol–water partition coefficient (Wildman–Crippen LogP) is 2.56. The second-order valence-electron chi connectivity index (χ2n) is 5.89. The van der Waals surface area contributed by atoms with Crippen LogP contribution < -0.4 is 0 Å². The van der Waals surface area contributed by atoms with Crippen LogP contribution in [-0.2, 0) is 11.3 Å². The van der Waals surface area contributed by atoms with Crippen molar-refractivity contribution in [1.82, 2.24) is 14.7 Å². The quantitative estimate of drug-likeness (QED) is 0.942. The largest absolute Gasteiger partial charge is 0.481 e. The van der Waals surface area contributed by atoms with E-state index in [9.17, 15) is 9.90 Å². The fourth-order valence-electron chi connectivity index (χ4n) is 3.15. The Morgan fingerprint density at radius 1 is 1.32 bits per heavy atom. The average molecular weight is 299 g/mol. The summed E-state index contributed by atoms with van der Waals surface area (Å²) in [6.45, 7) is 3.64. The predicted molar refractivity (Wildman–Crippen MR) is 83.8 cm³/mol. The van der Waals surface area contributed by atoms with Crippen molar-refractivity contribution >= 4 is 5.97 Å². The van der Waals surface area contributed by atoms with Crippen molar-refractivity contribution in [1.29, 1.82) is 0 Å². The van der Waals surface area contributed by atoms with Crippen LogP contribution in [0.4, 0.5) is 0 Å². The highest BCUT2D eigenvalue weighted by Crippen LogP contribution is 2.25. The molecule has 2 atom stereocenters. The van der Waals surface area contributed by atoms with Crippen molar-refractivity contribution in [2.45, 2.75) is 32.4 Å². The second-order valence-corrected chi connectivity index (χ2v) is 5.89. The van der Waals surface area contributed by atoms with Crippen LogP contribution in [-0.4, -0.2) is 38.3 Å². The van der Waals surface area contributed by atoms with E-state index in [1.165, 1.54) is 0 Å². The van der Waals surface area contributed by atoms with E-state index in [1.54, 1.807) is 0 Å². The lowest BCUT2D eigenvalue weighted by atomic mass is 9.90.